The zero-order chi connectivity index (χ0) is 14.1. The second-order valence-corrected chi connectivity index (χ2v) is 5.07. The van der Waals surface area contributed by atoms with E-state index < -0.39 is 0 Å². The number of carbonyl (C=O) groups is 2. The smallest absolute Gasteiger partial charge is 0.219 e. The second-order valence-electron chi connectivity index (χ2n) is 5.07. The molecule has 0 aliphatic heterocycles. The van der Waals surface area contributed by atoms with E-state index in [-0.39, 0.29) is 11.8 Å². The Morgan fingerprint density at radius 1 is 1.32 bits per heavy atom. The summed E-state index contributed by atoms with van der Waals surface area (Å²) in [7, 11) is 0. The Morgan fingerprint density at radius 2 is 2.11 bits per heavy atom. The van der Waals surface area contributed by atoms with Crippen molar-refractivity contribution in [2.24, 2.45) is 0 Å². The first-order chi connectivity index (χ1) is 9.13. The van der Waals surface area contributed by atoms with Gasteiger partial charge in [-0.2, -0.15) is 0 Å². The zero-order valence-electron chi connectivity index (χ0n) is 12.2. The molecule has 2 amide bonds. The fourth-order valence-corrected chi connectivity index (χ4v) is 2.29. The Hall–Kier alpha value is -1.32. The highest BCUT2D eigenvalue weighted by Crippen LogP contribution is 2.20. The number of amides is 2. The van der Waals surface area contributed by atoms with Gasteiger partial charge in [-0.15, -0.1) is 0 Å². The molecule has 0 aromatic heterocycles. The molecule has 0 saturated heterocycles. The molecule has 1 aliphatic carbocycles. The summed E-state index contributed by atoms with van der Waals surface area (Å²) in [6, 6.07) is 0. The molecule has 0 atom stereocenters. The predicted octanol–water partition coefficient (Wildman–Crippen LogP) is 2.25. The maximum atomic E-state index is 11.6. The molecule has 0 fully saturated rings. The van der Waals surface area contributed by atoms with E-state index in [0.717, 1.165) is 13.0 Å². The third-order valence-electron chi connectivity index (χ3n) is 3.56. The predicted molar refractivity (Wildman–Crippen MR) is 76.7 cm³/mol. The Balaban J connectivity index is 2.29. The monoisotopic (exact) mass is 266 g/mol. The van der Waals surface area contributed by atoms with Crippen molar-refractivity contribution < 1.29 is 9.59 Å². The maximum Gasteiger partial charge on any atom is 0.219 e. The molecular formula is C15H26N2O2. The summed E-state index contributed by atoms with van der Waals surface area (Å²) in [5.41, 5.74) is 1.48. The van der Waals surface area contributed by atoms with Gasteiger partial charge >= 0.3 is 0 Å². The van der Waals surface area contributed by atoms with Crippen LogP contribution in [0.4, 0.5) is 0 Å². The van der Waals surface area contributed by atoms with Crippen LogP contribution in [0.15, 0.2) is 11.6 Å². The average molecular weight is 266 g/mol. The Labute approximate surface area is 116 Å². The first-order valence-corrected chi connectivity index (χ1v) is 7.33. The van der Waals surface area contributed by atoms with Crippen LogP contribution in [-0.4, -0.2) is 36.3 Å². The van der Waals surface area contributed by atoms with Gasteiger partial charge in [0.1, 0.15) is 0 Å². The first kappa shape index (κ1) is 15.7. The molecule has 0 spiro atoms. The third-order valence-corrected chi connectivity index (χ3v) is 3.56. The van der Waals surface area contributed by atoms with E-state index in [2.05, 4.69) is 11.4 Å². The minimum atomic E-state index is 0.0403. The number of allylic oxidation sites excluding steroid dienone is 1. The van der Waals surface area contributed by atoms with E-state index in [4.69, 9.17) is 0 Å². The first-order valence-electron chi connectivity index (χ1n) is 7.33. The van der Waals surface area contributed by atoms with Crippen LogP contribution in [0.25, 0.3) is 0 Å². The van der Waals surface area contributed by atoms with Crippen LogP contribution >= 0.6 is 0 Å². The minimum absolute atomic E-state index is 0.0403. The molecule has 0 aromatic carbocycles. The fourth-order valence-electron chi connectivity index (χ4n) is 2.29. The Bertz CT molecular complexity index is 337. The number of nitrogens with zero attached hydrogens (tertiary/aromatic N) is 1. The maximum absolute atomic E-state index is 11.6. The van der Waals surface area contributed by atoms with E-state index in [0.29, 0.717) is 19.5 Å². The van der Waals surface area contributed by atoms with Gasteiger partial charge in [0, 0.05) is 33.0 Å². The summed E-state index contributed by atoms with van der Waals surface area (Å²) in [6.45, 7) is 5.34. The van der Waals surface area contributed by atoms with Gasteiger partial charge in [-0.25, -0.2) is 0 Å². The van der Waals surface area contributed by atoms with Gasteiger partial charge in [-0.1, -0.05) is 18.6 Å². The molecule has 0 saturated carbocycles. The summed E-state index contributed by atoms with van der Waals surface area (Å²) in [5.74, 6) is 0.126. The number of hydrogen-bond acceptors (Lipinski definition) is 2. The quantitative estimate of drug-likeness (QED) is 0.719. The van der Waals surface area contributed by atoms with Gasteiger partial charge in [0.2, 0.25) is 11.8 Å². The van der Waals surface area contributed by atoms with Gasteiger partial charge < -0.3 is 10.2 Å². The molecule has 1 N–H and O–H groups in total. The lowest BCUT2D eigenvalue weighted by atomic mass is 9.97. The van der Waals surface area contributed by atoms with Crippen LogP contribution in [0, 0.1) is 0 Å². The van der Waals surface area contributed by atoms with Gasteiger partial charge in [-0.3, -0.25) is 9.59 Å². The molecule has 108 valence electrons. The molecular weight excluding hydrogens is 240 g/mol. The van der Waals surface area contributed by atoms with Crippen molar-refractivity contribution in [2.75, 3.05) is 19.6 Å². The summed E-state index contributed by atoms with van der Waals surface area (Å²) in [5, 5.41) is 2.81. The van der Waals surface area contributed by atoms with Crippen molar-refractivity contribution in [1.82, 2.24) is 10.2 Å². The highest BCUT2D eigenvalue weighted by Gasteiger charge is 2.11. The Kier molecular flexibility index (Phi) is 7.23. The number of hydrogen-bond donors (Lipinski definition) is 1. The number of nitrogens with one attached hydrogen (secondary N) is 1. The molecule has 0 bridgehead atoms. The summed E-state index contributed by atoms with van der Waals surface area (Å²) < 4.78 is 0. The van der Waals surface area contributed by atoms with Crippen LogP contribution in [0.1, 0.15) is 52.4 Å². The number of rotatable bonds is 7. The molecule has 19 heavy (non-hydrogen) atoms. The van der Waals surface area contributed by atoms with Crippen molar-refractivity contribution in [3.63, 3.8) is 0 Å². The highest BCUT2D eigenvalue weighted by atomic mass is 16.2. The zero-order valence-corrected chi connectivity index (χ0v) is 12.2. The van der Waals surface area contributed by atoms with Crippen LogP contribution in [0.5, 0.6) is 0 Å². The largest absolute Gasteiger partial charge is 0.354 e. The lowest BCUT2D eigenvalue weighted by Crippen LogP contribution is -2.38. The molecule has 0 radical (unpaired) electrons. The van der Waals surface area contributed by atoms with Crippen LogP contribution in [-0.2, 0) is 9.59 Å². The fraction of sp³-hybridized carbons (Fsp3) is 0.733. The van der Waals surface area contributed by atoms with E-state index in [9.17, 15) is 9.59 Å². The van der Waals surface area contributed by atoms with Crippen LogP contribution in [0.3, 0.4) is 0 Å². The van der Waals surface area contributed by atoms with Crippen molar-refractivity contribution in [3.8, 4) is 0 Å². The van der Waals surface area contributed by atoms with Crippen molar-refractivity contribution >= 4 is 11.8 Å². The van der Waals surface area contributed by atoms with E-state index in [1.165, 1.54) is 31.3 Å². The van der Waals surface area contributed by atoms with Crippen molar-refractivity contribution in [1.29, 1.82) is 0 Å². The molecule has 4 heteroatoms. The highest BCUT2D eigenvalue weighted by molar-refractivity contribution is 5.76. The molecule has 1 aliphatic rings. The lowest BCUT2D eigenvalue weighted by Gasteiger charge is -2.23. The molecule has 1 rings (SSSR count). The van der Waals surface area contributed by atoms with E-state index in [1.54, 1.807) is 6.92 Å². The topological polar surface area (TPSA) is 49.4 Å². The molecule has 4 nitrogen and oxygen atoms in total. The molecule has 0 heterocycles. The van der Waals surface area contributed by atoms with Gasteiger partial charge in [0.25, 0.3) is 0 Å². The third kappa shape index (κ3) is 6.41. The van der Waals surface area contributed by atoms with Gasteiger partial charge in [0.05, 0.1) is 0 Å². The normalized spacial score (nSPS) is 14.7. The van der Waals surface area contributed by atoms with Crippen LogP contribution < -0.4 is 5.32 Å². The Morgan fingerprint density at radius 3 is 2.68 bits per heavy atom. The lowest BCUT2D eigenvalue weighted by molar-refractivity contribution is -0.129. The van der Waals surface area contributed by atoms with Gasteiger partial charge in [0.15, 0.2) is 0 Å². The standard InChI is InChI=1S/C15H26N2O2/c1-3-15(19)16-10-12-17(13(2)18)11-9-14-7-5-4-6-8-14/h7H,3-6,8-12H2,1-2H3,(H,16,19). The van der Waals surface area contributed by atoms with E-state index >= 15 is 0 Å². The second kappa shape index (κ2) is 8.73. The SMILES string of the molecule is CCC(=O)NCCN(CCC1=CCCCC1)C(C)=O. The van der Waals surface area contributed by atoms with Crippen LogP contribution in [0.2, 0.25) is 0 Å². The summed E-state index contributed by atoms with van der Waals surface area (Å²) >= 11 is 0. The van der Waals surface area contributed by atoms with Gasteiger partial charge in [-0.05, 0) is 32.1 Å². The number of carbonyl (C=O) groups excluding carboxylic acids is 2. The van der Waals surface area contributed by atoms with Crippen molar-refractivity contribution in [2.45, 2.75) is 52.4 Å². The average Bonchev–Trinajstić information content (AvgIpc) is 2.43. The van der Waals surface area contributed by atoms with E-state index in [1.807, 2.05) is 11.8 Å². The summed E-state index contributed by atoms with van der Waals surface area (Å²) in [6.07, 6.45) is 8.72. The summed E-state index contributed by atoms with van der Waals surface area (Å²) in [4.78, 5) is 24.5. The van der Waals surface area contributed by atoms with Crippen molar-refractivity contribution in [3.05, 3.63) is 11.6 Å². The molecule has 0 unspecified atom stereocenters. The molecule has 0 aromatic rings. The minimum Gasteiger partial charge on any atom is -0.354 e.